The molecule has 0 bridgehead atoms. The number of allylic oxidation sites excluding steroid dienone is 1. The van der Waals surface area contributed by atoms with Crippen molar-refractivity contribution in [1.29, 1.82) is 10.8 Å². The van der Waals surface area contributed by atoms with E-state index in [0.29, 0.717) is 17.2 Å². The first-order valence-electron chi connectivity index (χ1n) is 20.3. The highest BCUT2D eigenvalue weighted by Crippen LogP contribution is 2.50. The third-order valence-electron chi connectivity index (χ3n) is 12.2. The van der Waals surface area contributed by atoms with Crippen molar-refractivity contribution < 1.29 is 4.74 Å². The average molecular weight is 761 g/mol. The van der Waals surface area contributed by atoms with Crippen molar-refractivity contribution >= 4 is 55.7 Å². The number of nitrogens with zero attached hydrogens (tertiary/aromatic N) is 2. The van der Waals surface area contributed by atoms with Crippen molar-refractivity contribution in [2.45, 2.75) is 24.8 Å². The highest BCUT2D eigenvalue weighted by molar-refractivity contribution is 6.12. The Morgan fingerprint density at radius 1 is 0.508 bits per heavy atom. The first kappa shape index (κ1) is 34.7. The molecular weight excluding hydrogens is 721 g/mol. The first-order valence-corrected chi connectivity index (χ1v) is 20.3. The van der Waals surface area contributed by atoms with Crippen LogP contribution in [-0.2, 0) is 4.74 Å². The largest absolute Gasteiger partial charge is 0.421 e. The van der Waals surface area contributed by atoms with Gasteiger partial charge in [-0.3, -0.25) is 10.8 Å². The van der Waals surface area contributed by atoms with E-state index in [-0.39, 0.29) is 17.7 Å². The number of benzene rings is 8. The van der Waals surface area contributed by atoms with Gasteiger partial charge in [0.25, 0.3) is 0 Å². The second-order valence-corrected chi connectivity index (χ2v) is 15.6. The standard InChI is InChI=1S/C54H40N4O/c55-53(36-12-3-1-4-13-36)59-54(56)37-21-26-44(27-22-37)58-49-18-10-9-17-45(49)46-32-41(24-28-50(46)58)42-25-30-52-48(34-42)47-33-40(39-20-19-35-11-7-8-14-38(35)31-39)23-29-51(47)57(52)43-15-5-2-6-16-43/h1-9,11-17,19-34,45,49,55-56H,10,18H2. The van der Waals surface area contributed by atoms with Crippen molar-refractivity contribution in [2.75, 3.05) is 4.90 Å². The number of fused-ring (bicyclic) bond motifs is 7. The van der Waals surface area contributed by atoms with Crippen LogP contribution in [-0.4, -0.2) is 22.4 Å². The third kappa shape index (κ3) is 6.02. The maximum atomic E-state index is 8.59. The molecular formula is C54H40N4O. The van der Waals surface area contributed by atoms with E-state index < -0.39 is 0 Å². The highest BCUT2D eigenvalue weighted by atomic mass is 16.5. The molecule has 1 aliphatic heterocycles. The van der Waals surface area contributed by atoms with Gasteiger partial charge in [-0.2, -0.15) is 0 Å². The third-order valence-corrected chi connectivity index (χ3v) is 12.2. The Morgan fingerprint density at radius 3 is 1.80 bits per heavy atom. The fourth-order valence-electron chi connectivity index (χ4n) is 9.34. The van der Waals surface area contributed by atoms with E-state index in [9.17, 15) is 0 Å². The van der Waals surface area contributed by atoms with Gasteiger partial charge in [0.1, 0.15) is 0 Å². The molecule has 0 radical (unpaired) electrons. The van der Waals surface area contributed by atoms with E-state index in [1.54, 1.807) is 0 Å². The lowest BCUT2D eigenvalue weighted by Gasteiger charge is -2.31. The van der Waals surface area contributed by atoms with Crippen molar-refractivity contribution in [3.05, 3.63) is 211 Å². The zero-order chi connectivity index (χ0) is 39.5. The SMILES string of the molecule is N=C(OC(=N)c1ccc(N2c3ccc(-c4ccc5c(c4)c4cc(-c6ccc7ccccc7c6)ccc4n5-c4ccccc4)cc3C3C=CCCC32)cc1)c1ccccc1. The Hall–Kier alpha value is -7.50. The van der Waals surface area contributed by atoms with Crippen LogP contribution >= 0.6 is 0 Å². The summed E-state index contributed by atoms with van der Waals surface area (Å²) < 4.78 is 8.03. The molecule has 282 valence electrons. The Balaban J connectivity index is 0.966. The van der Waals surface area contributed by atoms with Gasteiger partial charge in [-0.15, -0.1) is 0 Å². The van der Waals surface area contributed by atoms with Crippen LogP contribution in [0.4, 0.5) is 11.4 Å². The van der Waals surface area contributed by atoms with Crippen LogP contribution in [0.5, 0.6) is 0 Å². The molecule has 5 nitrogen and oxygen atoms in total. The normalized spacial score (nSPS) is 15.7. The summed E-state index contributed by atoms with van der Waals surface area (Å²) in [6.07, 6.45) is 6.83. The Labute approximate surface area is 343 Å². The van der Waals surface area contributed by atoms with E-state index in [4.69, 9.17) is 15.6 Å². The van der Waals surface area contributed by atoms with Crippen LogP contribution in [0.3, 0.4) is 0 Å². The summed E-state index contributed by atoms with van der Waals surface area (Å²) in [6, 6.07) is 64.4. The smallest absolute Gasteiger partial charge is 0.221 e. The van der Waals surface area contributed by atoms with Gasteiger partial charge in [-0.1, -0.05) is 103 Å². The van der Waals surface area contributed by atoms with Crippen LogP contribution in [0.15, 0.2) is 194 Å². The highest BCUT2D eigenvalue weighted by Gasteiger charge is 2.39. The summed E-state index contributed by atoms with van der Waals surface area (Å²) in [5.74, 6) is 0.205. The summed E-state index contributed by atoms with van der Waals surface area (Å²) in [5.41, 5.74) is 13.3. The van der Waals surface area contributed by atoms with Crippen LogP contribution in [0.1, 0.15) is 35.4 Å². The Bertz CT molecular complexity index is 3130. The summed E-state index contributed by atoms with van der Waals surface area (Å²) in [4.78, 5) is 2.48. The lowest BCUT2D eigenvalue weighted by Crippen LogP contribution is -2.30. The number of para-hydroxylation sites is 1. The van der Waals surface area contributed by atoms with E-state index >= 15 is 0 Å². The van der Waals surface area contributed by atoms with Gasteiger partial charge in [-0.05, 0) is 142 Å². The number of hydrogen-bond donors (Lipinski definition) is 2. The molecule has 59 heavy (non-hydrogen) atoms. The minimum absolute atomic E-state index is 0.0346. The molecule has 9 aromatic rings. The molecule has 0 spiro atoms. The monoisotopic (exact) mass is 760 g/mol. The van der Waals surface area contributed by atoms with E-state index in [2.05, 4.69) is 161 Å². The van der Waals surface area contributed by atoms with Crippen molar-refractivity contribution in [2.24, 2.45) is 0 Å². The zero-order valence-electron chi connectivity index (χ0n) is 32.3. The van der Waals surface area contributed by atoms with E-state index in [1.807, 2.05) is 42.5 Å². The molecule has 2 atom stereocenters. The number of anilines is 2. The molecule has 1 aliphatic carbocycles. The molecule has 0 saturated heterocycles. The molecule has 2 unspecified atom stereocenters. The molecule has 2 heterocycles. The van der Waals surface area contributed by atoms with Crippen molar-refractivity contribution in [3.63, 3.8) is 0 Å². The molecule has 2 aliphatic rings. The van der Waals surface area contributed by atoms with Gasteiger partial charge in [0.05, 0.1) is 11.0 Å². The molecule has 11 rings (SSSR count). The second kappa shape index (κ2) is 14.2. The van der Waals surface area contributed by atoms with Gasteiger partial charge in [-0.25, -0.2) is 0 Å². The fraction of sp³-hybridized carbons (Fsp3) is 0.0741. The number of rotatable bonds is 6. The van der Waals surface area contributed by atoms with Crippen LogP contribution in [0, 0.1) is 10.8 Å². The fourth-order valence-corrected chi connectivity index (χ4v) is 9.34. The molecule has 0 saturated carbocycles. The number of aromatic nitrogens is 1. The van der Waals surface area contributed by atoms with Crippen LogP contribution < -0.4 is 4.90 Å². The molecule has 8 aromatic carbocycles. The van der Waals surface area contributed by atoms with Crippen LogP contribution in [0.2, 0.25) is 0 Å². The molecule has 0 amide bonds. The van der Waals surface area contributed by atoms with Crippen LogP contribution in [0.25, 0.3) is 60.5 Å². The van der Waals surface area contributed by atoms with Crippen molar-refractivity contribution in [1.82, 2.24) is 4.57 Å². The molecule has 5 heteroatoms. The van der Waals surface area contributed by atoms with Gasteiger partial charge in [0, 0.05) is 50.9 Å². The lowest BCUT2D eigenvalue weighted by molar-refractivity contribution is 0.538. The summed E-state index contributed by atoms with van der Waals surface area (Å²) in [6.45, 7) is 0. The maximum absolute atomic E-state index is 8.59. The summed E-state index contributed by atoms with van der Waals surface area (Å²) >= 11 is 0. The minimum Gasteiger partial charge on any atom is -0.421 e. The number of hydrogen-bond acceptors (Lipinski definition) is 4. The lowest BCUT2D eigenvalue weighted by atomic mass is 9.86. The summed E-state index contributed by atoms with van der Waals surface area (Å²) in [7, 11) is 0. The van der Waals surface area contributed by atoms with Gasteiger partial charge in [0.2, 0.25) is 11.8 Å². The number of ether oxygens (including phenoxy) is 1. The molecule has 1 aromatic heterocycles. The quantitative estimate of drug-likeness (QED) is 0.101. The molecule has 2 N–H and O–H groups in total. The van der Waals surface area contributed by atoms with Gasteiger partial charge in [0.15, 0.2) is 0 Å². The van der Waals surface area contributed by atoms with E-state index in [0.717, 1.165) is 24.2 Å². The minimum atomic E-state index is -0.0379. The van der Waals surface area contributed by atoms with E-state index in [1.165, 1.54) is 66.1 Å². The maximum Gasteiger partial charge on any atom is 0.221 e. The predicted molar refractivity (Wildman–Crippen MR) is 244 cm³/mol. The molecule has 0 fully saturated rings. The van der Waals surface area contributed by atoms with Gasteiger partial charge >= 0.3 is 0 Å². The number of nitrogens with one attached hydrogen (secondary N) is 2. The Kier molecular flexibility index (Phi) is 8.33. The van der Waals surface area contributed by atoms with Crippen molar-refractivity contribution in [3.8, 4) is 27.9 Å². The zero-order valence-corrected chi connectivity index (χ0v) is 32.3. The Morgan fingerprint density at radius 2 is 1.08 bits per heavy atom. The van der Waals surface area contributed by atoms with Gasteiger partial charge < -0.3 is 14.2 Å². The topological polar surface area (TPSA) is 65.1 Å². The predicted octanol–water partition coefficient (Wildman–Crippen LogP) is 13.6. The summed E-state index contributed by atoms with van der Waals surface area (Å²) in [5, 5.41) is 21.9. The second-order valence-electron chi connectivity index (χ2n) is 15.6. The first-order chi connectivity index (χ1) is 29.1. The average Bonchev–Trinajstić information content (AvgIpc) is 3.81.